The fourth-order valence-electron chi connectivity index (χ4n) is 3.12. The summed E-state index contributed by atoms with van der Waals surface area (Å²) in [7, 11) is 1.82. The number of carbonyl (C=O) groups excluding carboxylic acids is 1. The zero-order chi connectivity index (χ0) is 19.8. The van der Waals surface area contributed by atoms with Crippen LogP contribution < -0.4 is 9.64 Å². The molecule has 3 rings (SSSR count). The van der Waals surface area contributed by atoms with Crippen LogP contribution in [0, 0.1) is 0 Å². The number of nitrogens with zero attached hydrogens (tertiary/aromatic N) is 2. The average Bonchev–Trinajstić information content (AvgIpc) is 2.74. The Hall–Kier alpha value is -2.79. The van der Waals surface area contributed by atoms with E-state index in [9.17, 15) is 4.79 Å². The third kappa shape index (κ3) is 5.60. The first kappa shape index (κ1) is 20.0. The summed E-state index contributed by atoms with van der Waals surface area (Å²) in [4.78, 5) is 16.4. The Bertz CT molecular complexity index is 778. The maximum atomic E-state index is 12.4. The van der Waals surface area contributed by atoms with Gasteiger partial charge in [0, 0.05) is 38.4 Å². The highest BCUT2D eigenvalue weighted by molar-refractivity contribution is 5.91. The van der Waals surface area contributed by atoms with Gasteiger partial charge in [0.1, 0.15) is 5.75 Å². The predicted octanol–water partition coefficient (Wildman–Crippen LogP) is 3.59. The number of amides is 1. The standard InChI is InChI=1S/C23H28N2O3/c1-3-28-22-11-6-19(7-12-22)8-13-23(26)24(2)18-20-4-9-21(10-5-20)25-14-16-27-17-15-25/h4-13H,3,14-18H2,1-2H3/b13-8+. The zero-order valence-corrected chi connectivity index (χ0v) is 16.6. The van der Waals surface area contributed by atoms with Gasteiger partial charge in [0.15, 0.2) is 0 Å². The van der Waals surface area contributed by atoms with E-state index in [1.807, 2.05) is 44.3 Å². The molecule has 1 aliphatic heterocycles. The van der Waals surface area contributed by atoms with E-state index in [0.29, 0.717) is 13.2 Å². The molecule has 0 aliphatic carbocycles. The van der Waals surface area contributed by atoms with Gasteiger partial charge < -0.3 is 19.3 Å². The summed E-state index contributed by atoms with van der Waals surface area (Å²) in [5.41, 5.74) is 3.29. The van der Waals surface area contributed by atoms with Gasteiger partial charge in [0.2, 0.25) is 5.91 Å². The molecule has 1 saturated heterocycles. The van der Waals surface area contributed by atoms with Gasteiger partial charge in [0.05, 0.1) is 19.8 Å². The van der Waals surface area contributed by atoms with Crippen molar-refractivity contribution < 1.29 is 14.3 Å². The quantitative estimate of drug-likeness (QED) is 0.689. The Kier molecular flexibility index (Phi) is 7.09. The minimum Gasteiger partial charge on any atom is -0.494 e. The van der Waals surface area contributed by atoms with Gasteiger partial charge in [-0.25, -0.2) is 0 Å². The minimum atomic E-state index is -0.0221. The van der Waals surface area contributed by atoms with Crippen LogP contribution in [0.25, 0.3) is 6.08 Å². The summed E-state index contributed by atoms with van der Waals surface area (Å²) in [6.07, 6.45) is 3.44. The fraction of sp³-hybridized carbons (Fsp3) is 0.348. The summed E-state index contributed by atoms with van der Waals surface area (Å²) in [6, 6.07) is 16.1. The lowest BCUT2D eigenvalue weighted by Gasteiger charge is -2.29. The normalized spacial score (nSPS) is 14.3. The van der Waals surface area contributed by atoms with Crippen LogP contribution in [0.1, 0.15) is 18.1 Å². The van der Waals surface area contributed by atoms with Crippen LogP contribution in [0.4, 0.5) is 5.69 Å². The van der Waals surface area contributed by atoms with Crippen molar-refractivity contribution >= 4 is 17.7 Å². The van der Waals surface area contributed by atoms with Crippen LogP contribution in [-0.4, -0.2) is 50.8 Å². The highest BCUT2D eigenvalue weighted by Gasteiger charge is 2.11. The summed E-state index contributed by atoms with van der Waals surface area (Å²) in [6.45, 7) is 6.59. The predicted molar refractivity (Wildman–Crippen MR) is 113 cm³/mol. The van der Waals surface area contributed by atoms with Gasteiger partial charge >= 0.3 is 0 Å². The summed E-state index contributed by atoms with van der Waals surface area (Å²) < 4.78 is 10.8. The van der Waals surface area contributed by atoms with Gasteiger partial charge in [-0.3, -0.25) is 4.79 Å². The molecule has 2 aromatic rings. The molecule has 0 radical (unpaired) electrons. The van der Waals surface area contributed by atoms with Crippen LogP contribution >= 0.6 is 0 Å². The van der Waals surface area contributed by atoms with E-state index in [1.165, 1.54) is 5.69 Å². The number of benzene rings is 2. The second kappa shape index (κ2) is 9.95. The molecule has 5 heteroatoms. The molecular weight excluding hydrogens is 352 g/mol. The lowest BCUT2D eigenvalue weighted by Crippen LogP contribution is -2.36. The Balaban J connectivity index is 1.53. The van der Waals surface area contributed by atoms with E-state index in [1.54, 1.807) is 11.0 Å². The van der Waals surface area contributed by atoms with Crippen molar-refractivity contribution in [2.45, 2.75) is 13.5 Å². The maximum Gasteiger partial charge on any atom is 0.246 e. The van der Waals surface area contributed by atoms with Crippen molar-refractivity contribution in [3.63, 3.8) is 0 Å². The molecule has 0 saturated carbocycles. The van der Waals surface area contributed by atoms with Gasteiger partial charge in [-0.1, -0.05) is 24.3 Å². The molecule has 0 atom stereocenters. The number of morpholine rings is 1. The van der Waals surface area contributed by atoms with Crippen molar-refractivity contribution in [1.82, 2.24) is 4.90 Å². The number of hydrogen-bond acceptors (Lipinski definition) is 4. The first-order valence-electron chi connectivity index (χ1n) is 9.73. The third-order valence-corrected chi connectivity index (χ3v) is 4.72. The first-order chi connectivity index (χ1) is 13.7. The first-order valence-corrected chi connectivity index (χ1v) is 9.73. The molecule has 0 spiro atoms. The molecule has 0 unspecified atom stereocenters. The number of likely N-dealkylation sites (N-methyl/N-ethyl adjacent to an activating group) is 1. The van der Waals surface area contributed by atoms with Crippen molar-refractivity contribution in [1.29, 1.82) is 0 Å². The van der Waals surface area contributed by atoms with Gasteiger partial charge in [-0.05, 0) is 48.4 Å². The van der Waals surface area contributed by atoms with Crippen molar-refractivity contribution in [3.05, 3.63) is 65.7 Å². The van der Waals surface area contributed by atoms with E-state index in [0.717, 1.165) is 43.2 Å². The van der Waals surface area contributed by atoms with Gasteiger partial charge in [0.25, 0.3) is 0 Å². The minimum absolute atomic E-state index is 0.0221. The second-order valence-electron chi connectivity index (χ2n) is 6.80. The third-order valence-electron chi connectivity index (χ3n) is 4.72. The molecule has 1 amide bonds. The van der Waals surface area contributed by atoms with Crippen LogP contribution in [-0.2, 0) is 16.1 Å². The largest absolute Gasteiger partial charge is 0.494 e. The number of carbonyl (C=O) groups is 1. The van der Waals surface area contributed by atoms with Gasteiger partial charge in [-0.2, -0.15) is 0 Å². The van der Waals surface area contributed by atoms with E-state index in [4.69, 9.17) is 9.47 Å². The molecule has 1 heterocycles. The van der Waals surface area contributed by atoms with Crippen LogP contribution in [0.2, 0.25) is 0 Å². The average molecular weight is 380 g/mol. The number of rotatable bonds is 7. The van der Waals surface area contributed by atoms with E-state index in [2.05, 4.69) is 29.2 Å². The van der Waals surface area contributed by atoms with Crippen molar-refractivity contribution in [2.24, 2.45) is 0 Å². The Labute approximate surface area is 167 Å². The summed E-state index contributed by atoms with van der Waals surface area (Å²) in [5.74, 6) is 0.815. The van der Waals surface area contributed by atoms with Crippen LogP contribution in [0.15, 0.2) is 54.6 Å². The summed E-state index contributed by atoms with van der Waals surface area (Å²) >= 11 is 0. The molecule has 0 N–H and O–H groups in total. The molecule has 1 fully saturated rings. The fourth-order valence-corrected chi connectivity index (χ4v) is 3.12. The molecule has 5 nitrogen and oxygen atoms in total. The molecule has 2 aromatic carbocycles. The lowest BCUT2D eigenvalue weighted by atomic mass is 10.1. The van der Waals surface area contributed by atoms with Crippen molar-refractivity contribution in [3.8, 4) is 5.75 Å². The van der Waals surface area contributed by atoms with E-state index < -0.39 is 0 Å². The summed E-state index contributed by atoms with van der Waals surface area (Å²) in [5, 5.41) is 0. The molecule has 1 aliphatic rings. The molecule has 0 aromatic heterocycles. The highest BCUT2D eigenvalue weighted by Crippen LogP contribution is 2.18. The molecule has 148 valence electrons. The molecule has 28 heavy (non-hydrogen) atoms. The van der Waals surface area contributed by atoms with Gasteiger partial charge in [-0.15, -0.1) is 0 Å². The van der Waals surface area contributed by atoms with E-state index >= 15 is 0 Å². The maximum absolute atomic E-state index is 12.4. The highest BCUT2D eigenvalue weighted by atomic mass is 16.5. The van der Waals surface area contributed by atoms with E-state index in [-0.39, 0.29) is 5.91 Å². The number of anilines is 1. The Morgan fingerprint density at radius 1 is 1.11 bits per heavy atom. The Morgan fingerprint density at radius 2 is 1.79 bits per heavy atom. The number of hydrogen-bond donors (Lipinski definition) is 0. The van der Waals surface area contributed by atoms with Crippen molar-refractivity contribution in [2.75, 3.05) is 44.9 Å². The monoisotopic (exact) mass is 380 g/mol. The van der Waals surface area contributed by atoms with Crippen LogP contribution in [0.5, 0.6) is 5.75 Å². The topological polar surface area (TPSA) is 42.0 Å². The zero-order valence-electron chi connectivity index (χ0n) is 16.6. The van der Waals surface area contributed by atoms with Crippen LogP contribution in [0.3, 0.4) is 0 Å². The second-order valence-corrected chi connectivity index (χ2v) is 6.80. The molecule has 0 bridgehead atoms. The number of ether oxygens (including phenoxy) is 2. The Morgan fingerprint density at radius 3 is 2.43 bits per heavy atom. The molecular formula is C23H28N2O3. The lowest BCUT2D eigenvalue weighted by molar-refractivity contribution is -0.125. The smallest absolute Gasteiger partial charge is 0.246 e. The SMILES string of the molecule is CCOc1ccc(/C=C/C(=O)N(C)Cc2ccc(N3CCOCC3)cc2)cc1.